The fraction of sp³-hybridized carbons (Fsp3) is 0.526. The molecule has 3 aromatic rings. The van der Waals surface area contributed by atoms with Gasteiger partial charge in [-0.2, -0.15) is 8.42 Å². The van der Waals surface area contributed by atoms with Gasteiger partial charge in [0.05, 0.1) is 72.8 Å². The molecule has 1 saturated heterocycles. The second-order valence-corrected chi connectivity index (χ2v) is 16.7. The van der Waals surface area contributed by atoms with Gasteiger partial charge in [0.1, 0.15) is 18.7 Å². The maximum Gasteiger partial charge on any atom is 0.297 e. The van der Waals surface area contributed by atoms with Crippen LogP contribution in [0.25, 0.3) is 10.4 Å². The van der Waals surface area contributed by atoms with Gasteiger partial charge in [0.15, 0.2) is 0 Å². The third-order valence-electron chi connectivity index (χ3n) is 8.81. The van der Waals surface area contributed by atoms with Crippen molar-refractivity contribution < 1.29 is 46.3 Å². The second-order valence-electron chi connectivity index (χ2n) is 14.2. The normalized spacial score (nSPS) is 17.3. The van der Waals surface area contributed by atoms with Crippen molar-refractivity contribution in [2.24, 2.45) is 5.41 Å². The zero-order valence-corrected chi connectivity index (χ0v) is 33.3. The Labute approximate surface area is 321 Å². The van der Waals surface area contributed by atoms with Crippen molar-refractivity contribution in [3.05, 3.63) is 70.9 Å². The molecule has 2 aromatic carbocycles. The van der Waals surface area contributed by atoms with E-state index in [0.717, 1.165) is 27.3 Å². The molecule has 0 bridgehead atoms. The summed E-state index contributed by atoms with van der Waals surface area (Å²) in [4.78, 5) is 47.1. The van der Waals surface area contributed by atoms with Crippen LogP contribution in [0.5, 0.6) is 0 Å². The molecule has 0 saturated carbocycles. The zero-order valence-electron chi connectivity index (χ0n) is 31.7. The molecule has 3 amide bonds. The highest BCUT2D eigenvalue weighted by Crippen LogP contribution is 2.29. The molecular weight excluding hydrogens is 737 g/mol. The molecular formula is C38H52N4O10S2. The highest BCUT2D eigenvalue weighted by Gasteiger charge is 2.44. The lowest BCUT2D eigenvalue weighted by Gasteiger charge is -2.35. The minimum absolute atomic E-state index is 0.0340. The number of aliphatic hydroxyl groups is 1. The smallest absolute Gasteiger partial charge is 0.297 e. The lowest BCUT2D eigenvalue weighted by molar-refractivity contribution is -0.144. The van der Waals surface area contributed by atoms with Crippen LogP contribution in [0.1, 0.15) is 57.0 Å². The number of β-amino-alcohol motifs (C(OH)–C–C–N with tert-alkyl or cyclic N) is 1. The second kappa shape index (κ2) is 19.7. The average molecular weight is 789 g/mol. The Bertz CT molecular complexity index is 1790. The Hall–Kier alpha value is -3.77. The van der Waals surface area contributed by atoms with Crippen LogP contribution in [0.2, 0.25) is 0 Å². The molecule has 1 fully saturated rings. The van der Waals surface area contributed by atoms with Gasteiger partial charge in [0.2, 0.25) is 17.7 Å². The first-order valence-corrected chi connectivity index (χ1v) is 20.1. The predicted molar refractivity (Wildman–Crippen MR) is 203 cm³/mol. The topological polar surface area (TPSA) is 183 Å². The predicted octanol–water partition coefficient (Wildman–Crippen LogP) is 3.55. The number of thiazole rings is 1. The molecule has 0 radical (unpaired) electrons. The summed E-state index contributed by atoms with van der Waals surface area (Å²) in [6.45, 7) is 11.4. The number of benzene rings is 2. The number of hydrogen-bond acceptors (Lipinski definition) is 12. The van der Waals surface area contributed by atoms with Crippen molar-refractivity contribution in [2.75, 3.05) is 52.8 Å². The first-order chi connectivity index (χ1) is 25.6. The highest BCUT2D eigenvalue weighted by molar-refractivity contribution is 7.86. The van der Waals surface area contributed by atoms with Gasteiger partial charge in [0, 0.05) is 13.0 Å². The Morgan fingerprint density at radius 2 is 1.54 bits per heavy atom. The summed E-state index contributed by atoms with van der Waals surface area (Å²) >= 11 is 1.57. The standard InChI is InChI=1S/C38H52N4O10S2/c1-25-7-13-31(14-8-25)54(47,48)52-20-19-50-16-15-49-17-18-51-23-33(44)41-35(38(4,5)6)37(46)42-22-30(43)21-32(42)36(45)40-26(2)28-9-11-29(12-10-28)34-27(3)39-24-53-34/h7-14,24,26,30,32,35,43H,15-23H2,1-6H3,(H,40,45)(H,41,44)/t26-,30+,32-,35+/m0/s1. The quantitative estimate of drug-likeness (QED) is 0.119. The molecule has 3 N–H and O–H groups in total. The van der Waals surface area contributed by atoms with E-state index < -0.39 is 45.5 Å². The molecule has 0 unspecified atom stereocenters. The molecule has 0 aliphatic carbocycles. The summed E-state index contributed by atoms with van der Waals surface area (Å²) in [5.74, 6) is -1.37. The Balaban J connectivity index is 1.17. The maximum atomic E-state index is 13.9. The molecule has 1 aliphatic heterocycles. The van der Waals surface area contributed by atoms with Crippen LogP contribution in [0.15, 0.2) is 58.9 Å². The van der Waals surface area contributed by atoms with Crippen LogP contribution in [-0.2, 0) is 42.9 Å². The number of aliphatic hydroxyl groups excluding tert-OH is 1. The average Bonchev–Trinajstić information content (AvgIpc) is 3.74. The van der Waals surface area contributed by atoms with Crippen molar-refractivity contribution >= 4 is 39.2 Å². The van der Waals surface area contributed by atoms with Gasteiger partial charge < -0.3 is 34.9 Å². The number of aromatic nitrogens is 1. The van der Waals surface area contributed by atoms with Crippen LogP contribution < -0.4 is 10.6 Å². The van der Waals surface area contributed by atoms with Crippen LogP contribution in [0.4, 0.5) is 0 Å². The number of nitrogens with one attached hydrogen (secondary N) is 2. The number of carbonyl (C=O) groups excluding carboxylic acids is 3. The van der Waals surface area contributed by atoms with Crippen molar-refractivity contribution in [3.63, 3.8) is 0 Å². The molecule has 1 aromatic heterocycles. The van der Waals surface area contributed by atoms with Crippen molar-refractivity contribution in [2.45, 2.75) is 77.1 Å². The SMILES string of the molecule is Cc1ccc(S(=O)(=O)OCCOCCOCCOCC(=O)N[C@H](C(=O)N2C[C@H](O)C[C@H]2C(=O)N[C@@H](C)c2ccc(-c3scnc3C)cc2)C(C)(C)C)cc1. The number of nitrogens with zero attached hydrogens (tertiary/aromatic N) is 2. The molecule has 0 spiro atoms. The van der Waals surface area contributed by atoms with Crippen LogP contribution in [0.3, 0.4) is 0 Å². The largest absolute Gasteiger partial charge is 0.391 e. The van der Waals surface area contributed by atoms with Gasteiger partial charge in [-0.1, -0.05) is 62.7 Å². The van der Waals surface area contributed by atoms with Gasteiger partial charge in [-0.3, -0.25) is 18.6 Å². The van der Waals surface area contributed by atoms with E-state index in [4.69, 9.17) is 18.4 Å². The molecule has 4 rings (SSSR count). The molecule has 296 valence electrons. The highest BCUT2D eigenvalue weighted by atomic mass is 32.2. The summed E-state index contributed by atoms with van der Waals surface area (Å²) < 4.78 is 45.6. The first-order valence-electron chi connectivity index (χ1n) is 17.8. The van der Waals surface area contributed by atoms with Gasteiger partial charge >= 0.3 is 0 Å². The Morgan fingerprint density at radius 1 is 0.926 bits per heavy atom. The number of hydrogen-bond donors (Lipinski definition) is 3. The summed E-state index contributed by atoms with van der Waals surface area (Å²) in [6.07, 6.45) is -0.808. The van der Waals surface area contributed by atoms with Crippen LogP contribution in [-0.4, -0.2) is 112 Å². The van der Waals surface area contributed by atoms with Gasteiger partial charge in [-0.05, 0) is 49.4 Å². The number of aryl methyl sites for hydroxylation is 2. The molecule has 54 heavy (non-hydrogen) atoms. The fourth-order valence-corrected chi connectivity index (χ4v) is 7.50. The molecule has 4 atom stereocenters. The van der Waals surface area contributed by atoms with Crippen molar-refractivity contribution in [1.82, 2.24) is 20.5 Å². The molecule has 16 heteroatoms. The summed E-state index contributed by atoms with van der Waals surface area (Å²) in [5, 5.41) is 16.3. The van der Waals surface area contributed by atoms with E-state index in [-0.39, 0.29) is 76.1 Å². The number of rotatable bonds is 19. The lowest BCUT2D eigenvalue weighted by Crippen LogP contribution is -2.58. The zero-order chi connectivity index (χ0) is 39.5. The van der Waals surface area contributed by atoms with Gasteiger partial charge in [-0.25, -0.2) is 4.98 Å². The van der Waals surface area contributed by atoms with E-state index in [1.807, 2.05) is 65.8 Å². The van der Waals surface area contributed by atoms with Gasteiger partial charge in [0.25, 0.3) is 10.1 Å². The number of likely N-dealkylation sites (tertiary alicyclic amines) is 1. The minimum Gasteiger partial charge on any atom is -0.391 e. The summed E-state index contributed by atoms with van der Waals surface area (Å²) in [5.41, 5.74) is 4.91. The number of carbonyl (C=O) groups is 3. The fourth-order valence-electron chi connectivity index (χ4n) is 5.80. The summed E-state index contributed by atoms with van der Waals surface area (Å²) in [7, 11) is -3.85. The monoisotopic (exact) mass is 788 g/mol. The Morgan fingerprint density at radius 3 is 2.13 bits per heavy atom. The van der Waals surface area contributed by atoms with Crippen LogP contribution >= 0.6 is 11.3 Å². The molecule has 1 aliphatic rings. The van der Waals surface area contributed by atoms with E-state index in [2.05, 4.69) is 15.6 Å². The Kier molecular flexibility index (Phi) is 15.7. The maximum absolute atomic E-state index is 13.9. The van der Waals surface area contributed by atoms with E-state index in [9.17, 15) is 27.9 Å². The summed E-state index contributed by atoms with van der Waals surface area (Å²) in [6, 6.07) is 12.0. The number of ether oxygens (including phenoxy) is 3. The molecule has 2 heterocycles. The van der Waals surface area contributed by atoms with E-state index >= 15 is 0 Å². The van der Waals surface area contributed by atoms with Gasteiger partial charge in [-0.15, -0.1) is 11.3 Å². The lowest BCUT2D eigenvalue weighted by atomic mass is 9.85. The minimum atomic E-state index is -3.85. The third-order valence-corrected chi connectivity index (χ3v) is 11.1. The third kappa shape index (κ3) is 12.4. The van der Waals surface area contributed by atoms with E-state index in [1.54, 1.807) is 29.0 Å². The van der Waals surface area contributed by atoms with Crippen molar-refractivity contribution in [1.29, 1.82) is 0 Å². The molecule has 14 nitrogen and oxygen atoms in total. The van der Waals surface area contributed by atoms with Crippen molar-refractivity contribution in [3.8, 4) is 10.4 Å². The van der Waals surface area contributed by atoms with E-state index in [1.165, 1.54) is 17.0 Å². The van der Waals surface area contributed by atoms with Crippen LogP contribution in [0, 0.1) is 19.3 Å². The first kappa shape index (κ1) is 43.0. The number of amides is 3. The van der Waals surface area contributed by atoms with E-state index in [0.29, 0.717) is 0 Å².